The summed E-state index contributed by atoms with van der Waals surface area (Å²) in [6, 6.07) is 1.99. The Balaban J connectivity index is 1.75. The summed E-state index contributed by atoms with van der Waals surface area (Å²) in [6.45, 7) is 4.66. The van der Waals surface area contributed by atoms with Gasteiger partial charge < -0.3 is 10.2 Å². The molecule has 1 aromatic rings. The van der Waals surface area contributed by atoms with Crippen molar-refractivity contribution in [2.24, 2.45) is 0 Å². The average Bonchev–Trinajstić information content (AvgIpc) is 2.74. The van der Waals surface area contributed by atoms with Crippen LogP contribution in [-0.4, -0.2) is 36.1 Å². The van der Waals surface area contributed by atoms with E-state index in [2.05, 4.69) is 31.1 Å². The summed E-state index contributed by atoms with van der Waals surface area (Å²) in [6.07, 6.45) is 6.35. The van der Waals surface area contributed by atoms with E-state index >= 15 is 0 Å². The molecule has 1 aromatic heterocycles. The molecule has 1 aliphatic heterocycles. The smallest absolute Gasteiger partial charge is 0.0590 e. The maximum absolute atomic E-state index is 4.03. The number of rotatable bonds is 4. The lowest BCUT2D eigenvalue weighted by Gasteiger charge is -2.15. The van der Waals surface area contributed by atoms with Crippen LogP contribution in [0, 0.1) is 0 Å². The van der Waals surface area contributed by atoms with Gasteiger partial charge >= 0.3 is 0 Å². The van der Waals surface area contributed by atoms with E-state index < -0.39 is 0 Å². The monoisotopic (exact) mass is 269 g/mol. The Bertz CT molecular complexity index is 310. The minimum atomic E-state index is 1.00. The highest BCUT2D eigenvalue weighted by atomic mass is 79.9. The number of hydrogen-bond acceptors (Lipinski definition) is 3. The minimum Gasteiger partial charge on any atom is -0.383 e. The van der Waals surface area contributed by atoms with Crippen LogP contribution in [0.4, 0.5) is 5.69 Å². The summed E-state index contributed by atoms with van der Waals surface area (Å²) in [5, 5.41) is 3.41. The van der Waals surface area contributed by atoms with Crippen molar-refractivity contribution < 1.29 is 0 Å². The molecule has 1 saturated heterocycles. The van der Waals surface area contributed by atoms with Gasteiger partial charge in [-0.05, 0) is 47.9 Å². The van der Waals surface area contributed by atoms with E-state index in [9.17, 15) is 0 Å². The number of hydrogen-bond donors (Lipinski definition) is 1. The molecule has 0 aliphatic carbocycles. The minimum absolute atomic E-state index is 1.00. The molecule has 82 valence electrons. The Morgan fingerprint density at radius 2 is 2.20 bits per heavy atom. The van der Waals surface area contributed by atoms with Crippen LogP contribution in [0.15, 0.2) is 22.9 Å². The number of nitrogens with one attached hydrogen (secondary N) is 1. The van der Waals surface area contributed by atoms with Gasteiger partial charge in [0.05, 0.1) is 10.2 Å². The first kappa shape index (κ1) is 10.9. The van der Waals surface area contributed by atoms with Crippen LogP contribution in [0.1, 0.15) is 12.8 Å². The molecule has 1 N–H and O–H groups in total. The predicted molar refractivity (Wildman–Crippen MR) is 66.1 cm³/mol. The number of pyridine rings is 1. The molecule has 2 rings (SSSR count). The molecule has 0 saturated carbocycles. The molecule has 0 spiro atoms. The fourth-order valence-corrected chi connectivity index (χ4v) is 2.26. The zero-order valence-electron chi connectivity index (χ0n) is 8.75. The lowest BCUT2D eigenvalue weighted by Crippen LogP contribution is -2.26. The van der Waals surface area contributed by atoms with Gasteiger partial charge in [-0.25, -0.2) is 0 Å². The zero-order chi connectivity index (χ0) is 10.5. The second kappa shape index (κ2) is 5.47. The predicted octanol–water partition coefficient (Wildman–Crippen LogP) is 2.35. The van der Waals surface area contributed by atoms with Crippen molar-refractivity contribution in [3.05, 3.63) is 22.9 Å². The number of anilines is 1. The Labute approximate surface area is 99.0 Å². The molecule has 1 fully saturated rings. The lowest BCUT2D eigenvalue weighted by molar-refractivity contribution is 0.352. The van der Waals surface area contributed by atoms with Crippen molar-refractivity contribution in [2.75, 3.05) is 31.5 Å². The lowest BCUT2D eigenvalue weighted by atomic mass is 10.4. The van der Waals surface area contributed by atoms with E-state index in [1.807, 2.05) is 18.5 Å². The van der Waals surface area contributed by atoms with Crippen LogP contribution >= 0.6 is 15.9 Å². The van der Waals surface area contributed by atoms with E-state index in [0.29, 0.717) is 0 Å². The van der Waals surface area contributed by atoms with Gasteiger partial charge in [0, 0.05) is 25.5 Å². The average molecular weight is 270 g/mol. The largest absolute Gasteiger partial charge is 0.383 e. The van der Waals surface area contributed by atoms with E-state index in [-0.39, 0.29) is 0 Å². The maximum Gasteiger partial charge on any atom is 0.0590 e. The number of likely N-dealkylation sites (tertiary alicyclic amines) is 1. The molecule has 1 aliphatic rings. The highest BCUT2D eigenvalue weighted by Crippen LogP contribution is 2.19. The fourth-order valence-electron chi connectivity index (χ4n) is 1.87. The van der Waals surface area contributed by atoms with Crippen molar-refractivity contribution >= 4 is 21.6 Å². The molecule has 0 radical (unpaired) electrons. The highest BCUT2D eigenvalue weighted by molar-refractivity contribution is 9.10. The van der Waals surface area contributed by atoms with Crippen molar-refractivity contribution in [1.82, 2.24) is 9.88 Å². The van der Waals surface area contributed by atoms with E-state index in [0.717, 1.165) is 23.2 Å². The molecule has 0 amide bonds. The summed E-state index contributed by atoms with van der Waals surface area (Å²) in [5.74, 6) is 0. The van der Waals surface area contributed by atoms with Gasteiger partial charge in [0.25, 0.3) is 0 Å². The first-order valence-electron chi connectivity index (χ1n) is 5.42. The van der Waals surface area contributed by atoms with Gasteiger partial charge in [-0.2, -0.15) is 0 Å². The molecule has 4 heteroatoms. The molecule has 0 bridgehead atoms. The maximum atomic E-state index is 4.03. The summed E-state index contributed by atoms with van der Waals surface area (Å²) in [4.78, 5) is 6.54. The summed E-state index contributed by atoms with van der Waals surface area (Å²) in [5.41, 5.74) is 1.13. The molecule has 3 nitrogen and oxygen atoms in total. The SMILES string of the molecule is Brc1cnccc1NCCN1CCCC1. The van der Waals surface area contributed by atoms with Crippen molar-refractivity contribution in [3.63, 3.8) is 0 Å². The molecular weight excluding hydrogens is 254 g/mol. The Morgan fingerprint density at radius 3 is 2.93 bits per heavy atom. The molecule has 0 atom stereocenters. The third-order valence-corrected chi connectivity index (χ3v) is 3.35. The van der Waals surface area contributed by atoms with Crippen molar-refractivity contribution in [2.45, 2.75) is 12.8 Å². The third kappa shape index (κ3) is 3.18. The van der Waals surface area contributed by atoms with Crippen LogP contribution in [0.2, 0.25) is 0 Å². The second-order valence-corrected chi connectivity index (χ2v) is 4.69. The Hall–Kier alpha value is -0.610. The van der Waals surface area contributed by atoms with Crippen LogP contribution in [-0.2, 0) is 0 Å². The van der Waals surface area contributed by atoms with Crippen molar-refractivity contribution in [1.29, 1.82) is 0 Å². The van der Waals surface area contributed by atoms with E-state index in [1.165, 1.54) is 25.9 Å². The van der Waals surface area contributed by atoms with Crippen LogP contribution in [0.3, 0.4) is 0 Å². The Kier molecular flexibility index (Phi) is 3.97. The number of nitrogens with zero attached hydrogens (tertiary/aromatic N) is 2. The summed E-state index contributed by atoms with van der Waals surface area (Å²) in [7, 11) is 0. The normalized spacial score (nSPS) is 16.9. The van der Waals surface area contributed by atoms with Gasteiger partial charge in [-0.15, -0.1) is 0 Å². The van der Waals surface area contributed by atoms with Gasteiger partial charge in [-0.1, -0.05) is 0 Å². The van der Waals surface area contributed by atoms with Gasteiger partial charge in [0.1, 0.15) is 0 Å². The quantitative estimate of drug-likeness (QED) is 0.910. The van der Waals surface area contributed by atoms with Crippen LogP contribution < -0.4 is 5.32 Å². The first-order chi connectivity index (χ1) is 7.36. The molecular formula is C11H16BrN3. The van der Waals surface area contributed by atoms with Crippen LogP contribution in [0.5, 0.6) is 0 Å². The second-order valence-electron chi connectivity index (χ2n) is 3.83. The van der Waals surface area contributed by atoms with Gasteiger partial charge in [0.15, 0.2) is 0 Å². The fraction of sp³-hybridized carbons (Fsp3) is 0.545. The topological polar surface area (TPSA) is 28.2 Å². The third-order valence-electron chi connectivity index (χ3n) is 2.71. The summed E-state index contributed by atoms with van der Waals surface area (Å²) >= 11 is 3.47. The highest BCUT2D eigenvalue weighted by Gasteiger charge is 2.10. The van der Waals surface area contributed by atoms with Crippen molar-refractivity contribution in [3.8, 4) is 0 Å². The number of aromatic nitrogens is 1. The molecule has 15 heavy (non-hydrogen) atoms. The molecule has 2 heterocycles. The van der Waals surface area contributed by atoms with Gasteiger partial charge in [0.2, 0.25) is 0 Å². The van der Waals surface area contributed by atoms with Gasteiger partial charge in [-0.3, -0.25) is 4.98 Å². The van der Waals surface area contributed by atoms with E-state index in [1.54, 1.807) is 0 Å². The standard InChI is InChI=1S/C11H16BrN3/c12-10-9-13-4-3-11(10)14-5-8-15-6-1-2-7-15/h3-4,9H,1-2,5-8H2,(H,13,14). The zero-order valence-corrected chi connectivity index (χ0v) is 10.3. The van der Waals surface area contributed by atoms with Crippen LogP contribution in [0.25, 0.3) is 0 Å². The number of halogens is 1. The molecule has 0 unspecified atom stereocenters. The Morgan fingerprint density at radius 1 is 1.40 bits per heavy atom. The summed E-state index contributed by atoms with van der Waals surface area (Å²) < 4.78 is 1.03. The van der Waals surface area contributed by atoms with E-state index in [4.69, 9.17) is 0 Å². The first-order valence-corrected chi connectivity index (χ1v) is 6.21. The molecule has 0 aromatic carbocycles.